The van der Waals surface area contributed by atoms with Gasteiger partial charge in [0.2, 0.25) is 5.95 Å². The van der Waals surface area contributed by atoms with Crippen molar-refractivity contribution in [2.24, 2.45) is 0 Å². The third-order valence-electron chi connectivity index (χ3n) is 12.0. The van der Waals surface area contributed by atoms with Gasteiger partial charge in [-0.2, -0.15) is 9.97 Å². The molecule has 0 bridgehead atoms. The van der Waals surface area contributed by atoms with Gasteiger partial charge >= 0.3 is 0 Å². The molecule has 5 nitrogen and oxygen atoms in total. The van der Waals surface area contributed by atoms with Crippen LogP contribution in [0.25, 0.3) is 111 Å². The fourth-order valence-electron chi connectivity index (χ4n) is 9.11. The summed E-state index contributed by atoms with van der Waals surface area (Å²) in [6.07, 6.45) is 0. The zero-order valence-corrected chi connectivity index (χ0v) is 33.6. The van der Waals surface area contributed by atoms with Gasteiger partial charge in [-0.15, -0.1) is 0 Å². The average molecular weight is 792 g/mol. The van der Waals surface area contributed by atoms with Crippen LogP contribution >= 0.6 is 0 Å². The van der Waals surface area contributed by atoms with Crippen LogP contribution in [0.3, 0.4) is 0 Å². The molecular weight excluding hydrogens is 755 g/mol. The molecule has 0 spiro atoms. The van der Waals surface area contributed by atoms with Crippen LogP contribution in [-0.2, 0) is 0 Å². The van der Waals surface area contributed by atoms with E-state index in [1.165, 1.54) is 21.9 Å². The number of para-hydroxylation sites is 2. The van der Waals surface area contributed by atoms with Crippen LogP contribution < -0.4 is 0 Å². The Bertz CT molecular complexity index is 3520. The second-order valence-corrected chi connectivity index (χ2v) is 15.7. The van der Waals surface area contributed by atoms with Gasteiger partial charge < -0.3 is 4.57 Å². The van der Waals surface area contributed by atoms with Crippen molar-refractivity contribution in [2.75, 3.05) is 0 Å². The summed E-state index contributed by atoms with van der Waals surface area (Å²) in [4.78, 5) is 16.0. The second-order valence-electron chi connectivity index (χ2n) is 15.7. The molecule has 0 aliphatic carbocycles. The van der Waals surface area contributed by atoms with Gasteiger partial charge in [0, 0.05) is 38.4 Å². The van der Waals surface area contributed by atoms with E-state index in [2.05, 4.69) is 221 Å². The van der Waals surface area contributed by atoms with Crippen molar-refractivity contribution in [1.82, 2.24) is 24.1 Å². The first kappa shape index (κ1) is 35.5. The zero-order chi connectivity index (χ0) is 41.0. The minimum atomic E-state index is 0.555. The van der Waals surface area contributed by atoms with Crippen LogP contribution in [0.4, 0.5) is 0 Å². The Labute approximate surface area is 358 Å². The molecule has 0 atom stereocenters. The minimum Gasteiger partial charge on any atom is -0.309 e. The second kappa shape index (κ2) is 14.7. The molecule has 0 amide bonds. The lowest BCUT2D eigenvalue weighted by atomic mass is 10.0. The van der Waals surface area contributed by atoms with Gasteiger partial charge in [-0.3, -0.25) is 4.57 Å². The average Bonchev–Trinajstić information content (AvgIpc) is 3.88. The van der Waals surface area contributed by atoms with Gasteiger partial charge in [0.15, 0.2) is 11.6 Å². The summed E-state index contributed by atoms with van der Waals surface area (Å²) in [6.45, 7) is 0. The predicted octanol–water partition coefficient (Wildman–Crippen LogP) is 14.4. The van der Waals surface area contributed by atoms with Gasteiger partial charge in [0.25, 0.3) is 0 Å². The summed E-state index contributed by atoms with van der Waals surface area (Å²) < 4.78 is 4.66. The largest absolute Gasteiger partial charge is 0.309 e. The van der Waals surface area contributed by atoms with E-state index in [0.717, 1.165) is 71.9 Å². The summed E-state index contributed by atoms with van der Waals surface area (Å²) in [5, 5.41) is 4.65. The maximum absolute atomic E-state index is 5.37. The number of hydrogen-bond acceptors (Lipinski definition) is 3. The topological polar surface area (TPSA) is 48.5 Å². The van der Waals surface area contributed by atoms with E-state index in [9.17, 15) is 0 Å². The molecule has 290 valence electrons. The first-order valence-corrected chi connectivity index (χ1v) is 20.9. The molecule has 0 N–H and O–H groups in total. The molecule has 3 aromatic heterocycles. The highest BCUT2D eigenvalue weighted by Gasteiger charge is 2.23. The first-order chi connectivity index (χ1) is 30.7. The quantitative estimate of drug-likeness (QED) is 0.162. The van der Waals surface area contributed by atoms with Crippen LogP contribution in [0.15, 0.2) is 224 Å². The van der Waals surface area contributed by atoms with E-state index >= 15 is 0 Å². The summed E-state index contributed by atoms with van der Waals surface area (Å²) in [6, 6.07) is 79.2. The Hall–Kier alpha value is -8.41. The number of rotatable bonds is 7. The molecule has 12 rings (SSSR count). The smallest absolute Gasteiger partial charge is 0.238 e. The molecule has 5 heteroatoms. The van der Waals surface area contributed by atoms with Crippen molar-refractivity contribution < 1.29 is 0 Å². The highest BCUT2D eigenvalue weighted by atomic mass is 15.2. The third-order valence-corrected chi connectivity index (χ3v) is 12.0. The van der Waals surface area contributed by atoms with E-state index < -0.39 is 0 Å². The lowest BCUT2D eigenvalue weighted by molar-refractivity contribution is 0.953. The van der Waals surface area contributed by atoms with Crippen LogP contribution in [-0.4, -0.2) is 24.1 Å². The number of nitrogens with zero attached hydrogens (tertiary/aromatic N) is 5. The van der Waals surface area contributed by atoms with Crippen LogP contribution in [0.2, 0.25) is 0 Å². The molecular formula is C57H37N5. The van der Waals surface area contributed by atoms with E-state index in [4.69, 9.17) is 15.0 Å². The Morgan fingerprint density at radius 3 is 1.31 bits per heavy atom. The maximum Gasteiger partial charge on any atom is 0.238 e. The van der Waals surface area contributed by atoms with Crippen molar-refractivity contribution in [3.63, 3.8) is 0 Å². The summed E-state index contributed by atoms with van der Waals surface area (Å²) in [5.74, 6) is 1.76. The van der Waals surface area contributed by atoms with Gasteiger partial charge in [-0.25, -0.2) is 4.98 Å². The SMILES string of the molecule is c1ccc(-c2cccc(-c3nc(-c4cccc(-c5ccccc5)c4)nc(-n4c5ccccc5c5c4ccc4c6ccccc6n(-c6cccc(-c7ccccc7)c6)c45)n3)c2)cc1. The normalized spacial score (nSPS) is 11.5. The highest BCUT2D eigenvalue weighted by molar-refractivity contribution is 6.26. The lowest BCUT2D eigenvalue weighted by Gasteiger charge is -2.13. The molecule has 0 radical (unpaired) electrons. The van der Waals surface area contributed by atoms with Crippen LogP contribution in [0, 0.1) is 0 Å². The number of benzene rings is 9. The van der Waals surface area contributed by atoms with Crippen molar-refractivity contribution in [3.8, 4) is 67.8 Å². The molecule has 0 aliphatic rings. The Morgan fingerprint density at radius 2 is 0.726 bits per heavy atom. The molecule has 0 saturated heterocycles. The minimum absolute atomic E-state index is 0.555. The van der Waals surface area contributed by atoms with Crippen molar-refractivity contribution in [2.45, 2.75) is 0 Å². The van der Waals surface area contributed by atoms with E-state index in [1.54, 1.807) is 0 Å². The van der Waals surface area contributed by atoms with E-state index in [0.29, 0.717) is 17.6 Å². The predicted molar refractivity (Wildman–Crippen MR) is 256 cm³/mol. The van der Waals surface area contributed by atoms with Crippen LogP contribution in [0.1, 0.15) is 0 Å². The number of hydrogen-bond donors (Lipinski definition) is 0. The molecule has 0 fully saturated rings. The molecule has 0 aliphatic heterocycles. The summed E-state index contributed by atoms with van der Waals surface area (Å²) in [7, 11) is 0. The number of aromatic nitrogens is 5. The lowest BCUT2D eigenvalue weighted by Crippen LogP contribution is -2.06. The fraction of sp³-hybridized carbons (Fsp3) is 0. The van der Waals surface area contributed by atoms with E-state index in [-0.39, 0.29) is 0 Å². The Morgan fingerprint density at radius 1 is 0.274 bits per heavy atom. The molecule has 3 heterocycles. The highest BCUT2D eigenvalue weighted by Crippen LogP contribution is 2.42. The molecule has 9 aromatic carbocycles. The van der Waals surface area contributed by atoms with Crippen molar-refractivity contribution >= 4 is 43.6 Å². The third kappa shape index (κ3) is 5.98. The Balaban J connectivity index is 1.13. The number of fused-ring (bicyclic) bond motifs is 7. The standard InChI is InChI=1S/C57H37N5/c1-4-17-38(18-5-1)41-23-14-26-44(35-41)55-58-56(45-27-15-24-42(36-45)39-19-6-2-7-20-39)60-57(59-55)62-51-32-13-11-30-49(51)53-52(62)34-33-48-47-29-10-12-31-50(47)61(54(48)53)46-28-16-25-43(37-46)40-21-8-3-9-22-40/h1-37H. The van der Waals surface area contributed by atoms with E-state index in [1.807, 2.05) is 12.1 Å². The van der Waals surface area contributed by atoms with Gasteiger partial charge in [0.05, 0.1) is 22.1 Å². The summed E-state index contributed by atoms with van der Waals surface area (Å²) in [5.41, 5.74) is 14.1. The molecule has 0 unspecified atom stereocenters. The molecule has 0 saturated carbocycles. The summed E-state index contributed by atoms with van der Waals surface area (Å²) >= 11 is 0. The first-order valence-electron chi connectivity index (χ1n) is 20.9. The van der Waals surface area contributed by atoms with Crippen LogP contribution in [0.5, 0.6) is 0 Å². The monoisotopic (exact) mass is 791 g/mol. The molecule has 12 aromatic rings. The fourth-order valence-corrected chi connectivity index (χ4v) is 9.11. The Kier molecular flexibility index (Phi) is 8.42. The van der Waals surface area contributed by atoms with Crippen molar-refractivity contribution in [1.29, 1.82) is 0 Å². The van der Waals surface area contributed by atoms with Gasteiger partial charge in [-0.05, 0) is 75.8 Å². The zero-order valence-electron chi connectivity index (χ0n) is 33.6. The van der Waals surface area contributed by atoms with Gasteiger partial charge in [0.1, 0.15) is 0 Å². The van der Waals surface area contributed by atoms with Crippen molar-refractivity contribution in [3.05, 3.63) is 224 Å². The van der Waals surface area contributed by atoms with Gasteiger partial charge in [-0.1, -0.05) is 182 Å². The maximum atomic E-state index is 5.37. The molecule has 62 heavy (non-hydrogen) atoms.